The highest BCUT2D eigenvalue weighted by atomic mass is 32.1. The second-order valence-corrected chi connectivity index (χ2v) is 7.29. The summed E-state index contributed by atoms with van der Waals surface area (Å²) in [5, 5.41) is 6.53. The van der Waals surface area contributed by atoms with Crippen LogP contribution in [0.3, 0.4) is 0 Å². The van der Waals surface area contributed by atoms with Crippen LogP contribution in [0.2, 0.25) is 0 Å². The zero-order chi connectivity index (χ0) is 16.8. The van der Waals surface area contributed by atoms with Crippen molar-refractivity contribution < 1.29 is 0 Å². The van der Waals surface area contributed by atoms with Crippen molar-refractivity contribution in [1.29, 1.82) is 0 Å². The number of rotatable bonds is 3. The lowest BCUT2D eigenvalue weighted by molar-refractivity contribution is 0.610. The topological polar surface area (TPSA) is 46.3 Å². The molecule has 0 N–H and O–H groups in total. The second-order valence-electron chi connectivity index (χ2n) is 6.35. The first kappa shape index (κ1) is 14.6. The lowest BCUT2D eigenvalue weighted by Gasteiger charge is -2.32. The van der Waals surface area contributed by atoms with Crippen LogP contribution in [0.4, 0.5) is 5.82 Å². The highest BCUT2D eigenvalue weighted by Gasteiger charge is 2.18. The molecular weight excluding hydrogens is 330 g/mol. The normalized spacial score (nSPS) is 14.0. The second kappa shape index (κ2) is 5.67. The Morgan fingerprint density at radius 3 is 2.76 bits per heavy atom. The summed E-state index contributed by atoms with van der Waals surface area (Å²) in [6.07, 6.45) is 5.07. The molecule has 4 aromatic rings. The maximum absolute atomic E-state index is 4.88. The zero-order valence-corrected chi connectivity index (χ0v) is 14.7. The number of nitrogens with zero attached hydrogens (tertiary/aromatic N) is 5. The van der Waals surface area contributed by atoms with Crippen molar-refractivity contribution in [2.45, 2.75) is 13.3 Å². The van der Waals surface area contributed by atoms with E-state index in [1.54, 1.807) is 11.3 Å². The Bertz CT molecular complexity index is 1050. The molecule has 1 saturated heterocycles. The molecule has 5 nitrogen and oxygen atoms in total. The smallest absolute Gasteiger partial charge is 0.165 e. The first-order valence-corrected chi connectivity index (χ1v) is 9.28. The van der Waals surface area contributed by atoms with Crippen molar-refractivity contribution in [3.63, 3.8) is 0 Å². The Morgan fingerprint density at radius 2 is 2.00 bits per heavy atom. The van der Waals surface area contributed by atoms with Crippen LogP contribution in [0.15, 0.2) is 48.1 Å². The standard InChI is InChI=1S/C19H17N5S/c1-13-10-16(21-18(11-13)23-6-3-7-23)14-12-20-24-8-5-15(22-19(14)24)17-4-2-9-25-17/h2,4-5,8-12H,3,6-7H2,1H3. The van der Waals surface area contributed by atoms with Gasteiger partial charge in [0.2, 0.25) is 0 Å². The highest BCUT2D eigenvalue weighted by Crippen LogP contribution is 2.29. The van der Waals surface area contributed by atoms with Crippen molar-refractivity contribution in [3.8, 4) is 21.8 Å². The maximum atomic E-state index is 4.88. The molecule has 1 aliphatic rings. The van der Waals surface area contributed by atoms with Gasteiger partial charge >= 0.3 is 0 Å². The van der Waals surface area contributed by atoms with Gasteiger partial charge < -0.3 is 4.90 Å². The van der Waals surface area contributed by atoms with Crippen LogP contribution >= 0.6 is 11.3 Å². The van der Waals surface area contributed by atoms with Gasteiger partial charge in [-0.2, -0.15) is 5.10 Å². The summed E-state index contributed by atoms with van der Waals surface area (Å²) in [5.74, 6) is 1.05. The number of pyridine rings is 1. The molecular formula is C19H17N5S. The van der Waals surface area contributed by atoms with E-state index in [4.69, 9.17) is 9.97 Å². The van der Waals surface area contributed by atoms with E-state index in [1.165, 1.54) is 12.0 Å². The fraction of sp³-hybridized carbons (Fsp3) is 0.211. The van der Waals surface area contributed by atoms with Gasteiger partial charge in [-0.1, -0.05) is 6.07 Å². The monoisotopic (exact) mass is 347 g/mol. The molecule has 4 aromatic heterocycles. The number of aromatic nitrogens is 4. The molecule has 6 heteroatoms. The molecule has 5 heterocycles. The summed E-state index contributed by atoms with van der Waals surface area (Å²) in [5.41, 5.74) is 4.94. The third kappa shape index (κ3) is 2.49. The van der Waals surface area contributed by atoms with Crippen molar-refractivity contribution in [2.75, 3.05) is 18.0 Å². The maximum Gasteiger partial charge on any atom is 0.165 e. The molecule has 1 fully saturated rings. The zero-order valence-electron chi connectivity index (χ0n) is 13.9. The van der Waals surface area contributed by atoms with E-state index in [0.29, 0.717) is 0 Å². The Labute approximate surface area is 149 Å². The molecule has 124 valence electrons. The van der Waals surface area contributed by atoms with Gasteiger partial charge in [0.15, 0.2) is 5.65 Å². The van der Waals surface area contributed by atoms with Crippen LogP contribution in [0, 0.1) is 6.92 Å². The van der Waals surface area contributed by atoms with Gasteiger partial charge in [-0.3, -0.25) is 0 Å². The molecule has 0 bridgehead atoms. The minimum atomic E-state index is 0.846. The van der Waals surface area contributed by atoms with Crippen molar-refractivity contribution >= 4 is 22.8 Å². The molecule has 0 radical (unpaired) electrons. The van der Waals surface area contributed by atoms with Crippen molar-refractivity contribution in [1.82, 2.24) is 19.6 Å². The predicted octanol–water partition coefficient (Wildman–Crippen LogP) is 4.04. The molecule has 5 rings (SSSR count). The number of aryl methyl sites for hydroxylation is 1. The van der Waals surface area contributed by atoms with E-state index < -0.39 is 0 Å². The van der Waals surface area contributed by atoms with Gasteiger partial charge in [-0.05, 0) is 48.6 Å². The Hall–Kier alpha value is -2.73. The largest absolute Gasteiger partial charge is 0.356 e. The first-order chi connectivity index (χ1) is 12.3. The van der Waals surface area contributed by atoms with Gasteiger partial charge in [0.25, 0.3) is 0 Å². The number of fused-ring (bicyclic) bond motifs is 1. The van der Waals surface area contributed by atoms with E-state index in [9.17, 15) is 0 Å². The molecule has 0 unspecified atom stereocenters. The molecule has 0 aliphatic carbocycles. The van der Waals surface area contributed by atoms with Crippen LogP contribution in [0.1, 0.15) is 12.0 Å². The third-order valence-electron chi connectivity index (χ3n) is 4.55. The van der Waals surface area contributed by atoms with Gasteiger partial charge in [0.05, 0.1) is 28.0 Å². The summed E-state index contributed by atoms with van der Waals surface area (Å²) in [6, 6.07) is 10.4. The van der Waals surface area contributed by atoms with Gasteiger partial charge in [-0.25, -0.2) is 14.5 Å². The lowest BCUT2D eigenvalue weighted by atomic mass is 10.1. The third-order valence-corrected chi connectivity index (χ3v) is 5.45. The molecule has 0 atom stereocenters. The number of anilines is 1. The fourth-order valence-corrected chi connectivity index (χ4v) is 3.80. The summed E-state index contributed by atoms with van der Waals surface area (Å²) in [6.45, 7) is 4.29. The number of thiophene rings is 1. The van der Waals surface area contributed by atoms with E-state index in [-0.39, 0.29) is 0 Å². The van der Waals surface area contributed by atoms with Crippen LogP contribution in [-0.2, 0) is 0 Å². The average molecular weight is 347 g/mol. The van der Waals surface area contributed by atoms with Gasteiger partial charge in [0.1, 0.15) is 5.82 Å². The summed E-state index contributed by atoms with van der Waals surface area (Å²) in [7, 11) is 0. The van der Waals surface area contributed by atoms with E-state index in [2.05, 4.69) is 40.5 Å². The molecule has 25 heavy (non-hydrogen) atoms. The summed E-state index contributed by atoms with van der Waals surface area (Å²) >= 11 is 1.69. The SMILES string of the molecule is Cc1cc(-c2cnn3ccc(-c4cccs4)nc23)nc(N2CCC2)c1. The quantitative estimate of drug-likeness (QED) is 0.561. The highest BCUT2D eigenvalue weighted by molar-refractivity contribution is 7.13. The van der Waals surface area contributed by atoms with Gasteiger partial charge in [0, 0.05) is 19.3 Å². The number of hydrogen-bond donors (Lipinski definition) is 0. The lowest BCUT2D eigenvalue weighted by Crippen LogP contribution is -2.37. The van der Waals surface area contributed by atoms with Gasteiger partial charge in [-0.15, -0.1) is 11.3 Å². The predicted molar refractivity (Wildman–Crippen MR) is 101 cm³/mol. The van der Waals surface area contributed by atoms with Crippen LogP contribution in [-0.4, -0.2) is 32.7 Å². The number of hydrogen-bond acceptors (Lipinski definition) is 5. The van der Waals surface area contributed by atoms with Crippen molar-refractivity contribution in [2.24, 2.45) is 0 Å². The van der Waals surface area contributed by atoms with Crippen LogP contribution in [0.25, 0.3) is 27.5 Å². The molecule has 0 saturated carbocycles. The minimum absolute atomic E-state index is 0.846. The minimum Gasteiger partial charge on any atom is -0.356 e. The Balaban J connectivity index is 1.65. The fourth-order valence-electron chi connectivity index (χ4n) is 3.11. The summed E-state index contributed by atoms with van der Waals surface area (Å²) in [4.78, 5) is 13.2. The average Bonchev–Trinajstić information content (AvgIpc) is 3.22. The molecule has 1 aliphatic heterocycles. The first-order valence-electron chi connectivity index (χ1n) is 8.40. The van der Waals surface area contributed by atoms with Crippen LogP contribution < -0.4 is 4.90 Å². The van der Waals surface area contributed by atoms with Crippen molar-refractivity contribution in [3.05, 3.63) is 53.7 Å². The van der Waals surface area contributed by atoms with E-state index in [0.717, 1.165) is 46.4 Å². The van der Waals surface area contributed by atoms with E-state index in [1.807, 2.05) is 29.0 Å². The molecule has 0 spiro atoms. The Kier molecular flexibility index (Phi) is 3.31. The van der Waals surface area contributed by atoms with Crippen LogP contribution in [0.5, 0.6) is 0 Å². The molecule has 0 aromatic carbocycles. The Morgan fingerprint density at radius 1 is 1.08 bits per heavy atom. The molecule has 0 amide bonds. The van der Waals surface area contributed by atoms with E-state index >= 15 is 0 Å². The summed E-state index contributed by atoms with van der Waals surface area (Å²) < 4.78 is 1.82.